The SMILES string of the molecule is Cc1ccc(NC(=O)N(S)C2CCN(c3ccnc4c(Cl)cccc34)CC2)cc1. The Morgan fingerprint density at radius 3 is 2.62 bits per heavy atom. The monoisotopic (exact) mass is 426 g/mol. The van der Waals surface area contributed by atoms with E-state index in [-0.39, 0.29) is 12.1 Å². The first-order valence-electron chi connectivity index (χ1n) is 9.67. The Hall–Kier alpha value is -2.44. The summed E-state index contributed by atoms with van der Waals surface area (Å²) in [7, 11) is 0. The molecule has 1 aromatic heterocycles. The number of aromatic nitrogens is 1. The lowest BCUT2D eigenvalue weighted by molar-refractivity contribution is 0.223. The first-order chi connectivity index (χ1) is 14.0. The van der Waals surface area contributed by atoms with Crippen LogP contribution < -0.4 is 10.2 Å². The zero-order chi connectivity index (χ0) is 20.4. The standard InChI is InChI=1S/C22H23ClN4OS/c1-15-5-7-16(8-6-15)25-22(28)27(29)17-10-13-26(14-11-17)20-9-12-24-21-18(20)3-2-4-19(21)23/h2-9,12,17,29H,10-11,13-14H2,1H3,(H,25,28). The lowest BCUT2D eigenvalue weighted by Gasteiger charge is -2.37. The Labute approximate surface area is 181 Å². The van der Waals surface area contributed by atoms with E-state index in [1.807, 2.05) is 49.4 Å². The molecule has 7 heteroatoms. The van der Waals surface area contributed by atoms with Crippen molar-refractivity contribution >= 4 is 52.7 Å². The van der Waals surface area contributed by atoms with Crippen molar-refractivity contribution in [1.29, 1.82) is 0 Å². The number of rotatable bonds is 3. The maximum Gasteiger partial charge on any atom is 0.331 e. The lowest BCUT2D eigenvalue weighted by atomic mass is 10.0. The maximum atomic E-state index is 12.6. The molecule has 29 heavy (non-hydrogen) atoms. The van der Waals surface area contributed by atoms with Gasteiger partial charge in [0.2, 0.25) is 0 Å². The predicted octanol–water partition coefficient (Wildman–Crippen LogP) is 5.54. The molecule has 0 atom stereocenters. The van der Waals surface area contributed by atoms with E-state index in [1.165, 1.54) is 4.31 Å². The maximum absolute atomic E-state index is 12.6. The van der Waals surface area contributed by atoms with Gasteiger partial charge in [0, 0.05) is 42.1 Å². The smallest absolute Gasteiger partial charge is 0.331 e. The molecule has 150 valence electrons. The molecule has 1 fully saturated rings. The van der Waals surface area contributed by atoms with Crippen LogP contribution in [0.3, 0.4) is 0 Å². The molecule has 1 N–H and O–H groups in total. The fraction of sp³-hybridized carbons (Fsp3) is 0.273. The number of thiol groups is 1. The number of halogens is 1. The van der Waals surface area contributed by atoms with Gasteiger partial charge in [-0.15, -0.1) is 0 Å². The highest BCUT2D eigenvalue weighted by atomic mass is 35.5. The number of carbonyl (C=O) groups is 1. The molecule has 0 radical (unpaired) electrons. The van der Waals surface area contributed by atoms with Gasteiger partial charge in [-0.3, -0.25) is 9.29 Å². The number of hydrogen-bond donors (Lipinski definition) is 2. The van der Waals surface area contributed by atoms with Gasteiger partial charge in [-0.2, -0.15) is 0 Å². The third kappa shape index (κ3) is 4.28. The van der Waals surface area contributed by atoms with Crippen LogP contribution in [0.4, 0.5) is 16.2 Å². The molecule has 2 amide bonds. The number of para-hydroxylation sites is 1. The van der Waals surface area contributed by atoms with Crippen molar-refractivity contribution in [3.8, 4) is 0 Å². The van der Waals surface area contributed by atoms with Crippen LogP contribution in [-0.2, 0) is 0 Å². The summed E-state index contributed by atoms with van der Waals surface area (Å²) in [5, 5.41) is 4.63. The number of pyridine rings is 1. The number of benzene rings is 2. The normalized spacial score (nSPS) is 14.8. The van der Waals surface area contributed by atoms with Crippen LogP contribution in [0.15, 0.2) is 54.7 Å². The van der Waals surface area contributed by atoms with Crippen LogP contribution in [-0.4, -0.2) is 34.5 Å². The Kier molecular flexibility index (Phi) is 5.83. The summed E-state index contributed by atoms with van der Waals surface area (Å²) in [5.41, 5.74) is 3.88. The molecule has 2 heterocycles. The molecule has 0 aliphatic carbocycles. The first kappa shape index (κ1) is 19.9. The van der Waals surface area contributed by atoms with Crippen LogP contribution in [0.2, 0.25) is 5.02 Å². The molecule has 0 spiro atoms. The number of anilines is 2. The molecular formula is C22H23ClN4OS. The summed E-state index contributed by atoms with van der Waals surface area (Å²) in [4.78, 5) is 19.3. The second-order valence-electron chi connectivity index (χ2n) is 7.33. The molecule has 0 unspecified atom stereocenters. The summed E-state index contributed by atoms with van der Waals surface area (Å²) in [6.07, 6.45) is 3.49. The highest BCUT2D eigenvalue weighted by Crippen LogP contribution is 2.32. The molecule has 5 nitrogen and oxygen atoms in total. The fourth-order valence-corrected chi connectivity index (χ4v) is 4.24. The number of urea groups is 1. The van der Waals surface area contributed by atoms with Gasteiger partial charge < -0.3 is 10.2 Å². The van der Waals surface area contributed by atoms with Gasteiger partial charge in [-0.1, -0.05) is 54.2 Å². The third-order valence-corrected chi connectivity index (χ3v) is 6.17. The quantitative estimate of drug-likeness (QED) is 0.540. The zero-order valence-corrected chi connectivity index (χ0v) is 17.8. The van der Waals surface area contributed by atoms with E-state index in [9.17, 15) is 4.79 Å². The lowest BCUT2D eigenvalue weighted by Crippen LogP contribution is -2.44. The van der Waals surface area contributed by atoms with E-state index >= 15 is 0 Å². The third-order valence-electron chi connectivity index (χ3n) is 5.36. The summed E-state index contributed by atoms with van der Waals surface area (Å²) < 4.78 is 1.53. The minimum atomic E-state index is -0.197. The van der Waals surface area contributed by atoms with Crippen LogP contribution in [0.1, 0.15) is 18.4 Å². The minimum Gasteiger partial charge on any atom is -0.371 e. The number of aryl methyl sites for hydroxylation is 1. The number of amides is 2. The second kappa shape index (κ2) is 8.51. The molecular weight excluding hydrogens is 404 g/mol. The Morgan fingerprint density at radius 2 is 1.90 bits per heavy atom. The average Bonchev–Trinajstić information content (AvgIpc) is 2.75. The van der Waals surface area contributed by atoms with E-state index in [0.717, 1.165) is 53.8 Å². The van der Waals surface area contributed by atoms with Gasteiger partial charge in [0.1, 0.15) is 0 Å². The van der Waals surface area contributed by atoms with Gasteiger partial charge in [0.05, 0.1) is 10.5 Å². The van der Waals surface area contributed by atoms with Crippen LogP contribution >= 0.6 is 24.4 Å². The first-order valence-corrected chi connectivity index (χ1v) is 10.4. The topological polar surface area (TPSA) is 48.5 Å². The van der Waals surface area contributed by atoms with Gasteiger partial charge in [-0.25, -0.2) is 4.79 Å². The average molecular weight is 427 g/mol. The predicted molar refractivity (Wildman–Crippen MR) is 123 cm³/mol. The fourth-order valence-electron chi connectivity index (χ4n) is 3.74. The molecule has 0 saturated carbocycles. The van der Waals surface area contributed by atoms with Gasteiger partial charge >= 0.3 is 6.03 Å². The largest absolute Gasteiger partial charge is 0.371 e. The van der Waals surface area contributed by atoms with E-state index in [4.69, 9.17) is 11.6 Å². The molecule has 0 bridgehead atoms. The van der Waals surface area contributed by atoms with E-state index in [1.54, 1.807) is 6.20 Å². The molecule has 2 aromatic carbocycles. The Bertz CT molecular complexity index is 1020. The van der Waals surface area contributed by atoms with Crippen molar-refractivity contribution in [2.75, 3.05) is 23.3 Å². The van der Waals surface area contributed by atoms with Crippen molar-refractivity contribution in [2.24, 2.45) is 0 Å². The van der Waals surface area contributed by atoms with Crippen LogP contribution in [0, 0.1) is 6.92 Å². The van der Waals surface area contributed by atoms with E-state index < -0.39 is 0 Å². The molecule has 1 saturated heterocycles. The van der Waals surface area contributed by atoms with Gasteiger partial charge in [0.15, 0.2) is 0 Å². The minimum absolute atomic E-state index is 0.0803. The van der Waals surface area contributed by atoms with Gasteiger partial charge in [0.25, 0.3) is 0 Å². The number of piperidine rings is 1. The highest BCUT2D eigenvalue weighted by Gasteiger charge is 2.27. The summed E-state index contributed by atoms with van der Waals surface area (Å²) in [6.45, 7) is 3.70. The Morgan fingerprint density at radius 1 is 1.17 bits per heavy atom. The van der Waals surface area contributed by atoms with Crippen molar-refractivity contribution in [1.82, 2.24) is 9.29 Å². The van der Waals surface area contributed by atoms with Crippen molar-refractivity contribution < 1.29 is 4.79 Å². The van der Waals surface area contributed by atoms with E-state index in [0.29, 0.717) is 5.02 Å². The Balaban J connectivity index is 1.41. The van der Waals surface area contributed by atoms with E-state index in [2.05, 4.69) is 34.1 Å². The molecule has 1 aliphatic heterocycles. The van der Waals surface area contributed by atoms with Crippen molar-refractivity contribution in [3.63, 3.8) is 0 Å². The van der Waals surface area contributed by atoms with Gasteiger partial charge in [-0.05, 0) is 44.0 Å². The van der Waals surface area contributed by atoms with Crippen LogP contribution in [0.25, 0.3) is 10.9 Å². The van der Waals surface area contributed by atoms with Crippen LogP contribution in [0.5, 0.6) is 0 Å². The molecule has 1 aliphatic rings. The van der Waals surface area contributed by atoms with Crippen molar-refractivity contribution in [3.05, 3.63) is 65.3 Å². The number of carbonyl (C=O) groups excluding carboxylic acids is 1. The highest BCUT2D eigenvalue weighted by molar-refractivity contribution is 7.78. The molecule has 4 rings (SSSR count). The second-order valence-corrected chi connectivity index (χ2v) is 8.16. The molecule has 3 aromatic rings. The summed E-state index contributed by atoms with van der Waals surface area (Å²) >= 11 is 10.8. The number of nitrogens with zero attached hydrogens (tertiary/aromatic N) is 3. The number of nitrogens with one attached hydrogen (secondary N) is 1. The number of hydrogen-bond acceptors (Lipinski definition) is 4. The zero-order valence-electron chi connectivity index (χ0n) is 16.2. The number of fused-ring (bicyclic) bond motifs is 1. The summed E-state index contributed by atoms with van der Waals surface area (Å²) in [6, 6.07) is 15.5. The van der Waals surface area contributed by atoms with Crippen molar-refractivity contribution in [2.45, 2.75) is 25.8 Å². The summed E-state index contributed by atoms with van der Waals surface area (Å²) in [5.74, 6) is 0.